The molecule has 0 aromatic rings. The van der Waals surface area contributed by atoms with Gasteiger partial charge in [0.2, 0.25) is 0 Å². The molecule has 0 amide bonds. The van der Waals surface area contributed by atoms with Gasteiger partial charge in [-0.15, -0.1) is 0 Å². The quantitative estimate of drug-likeness (QED) is 0.550. The Labute approximate surface area is 103 Å². The van der Waals surface area contributed by atoms with Gasteiger partial charge in [0.1, 0.15) is 0 Å². The number of carbonyl (C=O) groups is 2. The molecule has 6 nitrogen and oxygen atoms in total. The molecular weight excluding hydrogens is 290 g/mol. The number of nitrogens with one attached hydrogen (secondary N) is 1. The molecule has 0 rings (SSSR count). The molecule has 19 heavy (non-hydrogen) atoms. The van der Waals surface area contributed by atoms with Crippen LogP contribution in [-0.2, 0) is 9.59 Å². The maximum absolute atomic E-state index is 10.6. The van der Waals surface area contributed by atoms with Gasteiger partial charge in [-0.25, -0.2) is 9.59 Å². The minimum absolute atomic E-state index is 0.733. The van der Waals surface area contributed by atoms with Crippen LogP contribution in [0, 0.1) is 0 Å². The fraction of sp³-hybridized carbons (Fsp3) is 0.714. The molecule has 0 saturated carbocycles. The predicted octanol–water partition coefficient (Wildman–Crippen LogP) is 0.431. The zero-order valence-electron chi connectivity index (χ0n) is 9.47. The van der Waals surface area contributed by atoms with E-state index in [-0.39, 0.29) is 0 Å². The summed E-state index contributed by atoms with van der Waals surface area (Å²) in [6.07, 6.45) is -10.2. The van der Waals surface area contributed by atoms with Crippen LogP contribution >= 0.6 is 0 Å². The molecular formula is C7H12F6N2O4. The minimum atomic E-state index is -5.08. The van der Waals surface area contributed by atoms with Gasteiger partial charge in [0, 0.05) is 13.1 Å². The average Bonchev–Trinajstić information content (AvgIpc) is 2.17. The van der Waals surface area contributed by atoms with Gasteiger partial charge in [-0.2, -0.15) is 26.3 Å². The lowest BCUT2D eigenvalue weighted by Gasteiger charge is -1.93. The first-order valence-electron chi connectivity index (χ1n) is 4.25. The van der Waals surface area contributed by atoms with Crippen molar-refractivity contribution in [3.8, 4) is 0 Å². The van der Waals surface area contributed by atoms with Gasteiger partial charge >= 0.3 is 24.3 Å². The molecule has 5 N–H and O–H groups in total. The Kier molecular flexibility index (Phi) is 12.3. The van der Waals surface area contributed by atoms with Gasteiger partial charge in [0.05, 0.1) is 0 Å². The van der Waals surface area contributed by atoms with Gasteiger partial charge < -0.3 is 21.3 Å². The summed E-state index contributed by atoms with van der Waals surface area (Å²) in [5.41, 5.74) is 5.08. The SMILES string of the molecule is CNCCN.O=C(O)C(F)(F)F.O=C(O)C(F)(F)F. The van der Waals surface area contributed by atoms with Crippen molar-refractivity contribution in [2.24, 2.45) is 5.73 Å². The molecule has 0 heterocycles. The van der Waals surface area contributed by atoms with E-state index in [0.29, 0.717) is 0 Å². The van der Waals surface area contributed by atoms with E-state index >= 15 is 0 Å². The second-order valence-corrected chi connectivity index (χ2v) is 2.50. The third-order valence-corrected chi connectivity index (χ3v) is 0.879. The van der Waals surface area contributed by atoms with Gasteiger partial charge in [0.15, 0.2) is 0 Å². The van der Waals surface area contributed by atoms with Crippen molar-refractivity contribution in [1.29, 1.82) is 0 Å². The van der Waals surface area contributed by atoms with Crippen LogP contribution in [0.4, 0.5) is 26.3 Å². The number of nitrogens with two attached hydrogens (primary N) is 1. The van der Waals surface area contributed by atoms with E-state index in [0.717, 1.165) is 13.1 Å². The number of hydrogen-bond donors (Lipinski definition) is 4. The monoisotopic (exact) mass is 302 g/mol. The van der Waals surface area contributed by atoms with Crippen LogP contribution in [0.25, 0.3) is 0 Å². The fourth-order valence-electron chi connectivity index (χ4n) is 0.144. The molecule has 0 aliphatic heterocycles. The third kappa shape index (κ3) is 22.2. The van der Waals surface area contributed by atoms with Crippen LogP contribution in [0.5, 0.6) is 0 Å². The van der Waals surface area contributed by atoms with E-state index in [1.54, 1.807) is 0 Å². The smallest absolute Gasteiger partial charge is 0.475 e. The Morgan fingerprint density at radius 1 is 1.00 bits per heavy atom. The molecule has 12 heteroatoms. The number of carboxylic acids is 2. The first-order valence-corrected chi connectivity index (χ1v) is 4.25. The van der Waals surface area contributed by atoms with Crippen molar-refractivity contribution in [2.75, 3.05) is 20.1 Å². The standard InChI is InChI=1S/C3H10N2.2C2HF3O2/c1-5-3-2-4;2*3-2(4,5)1(6)7/h5H,2-4H2,1H3;2*(H,6,7). The Morgan fingerprint density at radius 3 is 1.21 bits per heavy atom. The summed E-state index contributed by atoms with van der Waals surface area (Å²) >= 11 is 0. The van der Waals surface area contributed by atoms with Crippen LogP contribution < -0.4 is 11.1 Å². The van der Waals surface area contributed by atoms with Crippen molar-refractivity contribution in [1.82, 2.24) is 5.32 Å². The lowest BCUT2D eigenvalue weighted by Crippen LogP contribution is -2.21. The van der Waals surface area contributed by atoms with Crippen LogP contribution in [0.15, 0.2) is 0 Å². The van der Waals surface area contributed by atoms with Gasteiger partial charge in [-0.3, -0.25) is 0 Å². The number of alkyl halides is 6. The van der Waals surface area contributed by atoms with Crippen molar-refractivity contribution >= 4 is 11.9 Å². The Hall–Kier alpha value is -1.56. The summed E-state index contributed by atoms with van der Waals surface area (Å²) in [6.45, 7) is 1.65. The van der Waals surface area contributed by atoms with E-state index in [9.17, 15) is 26.3 Å². The third-order valence-electron chi connectivity index (χ3n) is 0.879. The number of likely N-dealkylation sites (N-methyl/N-ethyl adjacent to an activating group) is 1. The maximum Gasteiger partial charge on any atom is 0.490 e. The zero-order valence-corrected chi connectivity index (χ0v) is 9.47. The normalized spacial score (nSPS) is 10.5. The van der Waals surface area contributed by atoms with E-state index in [2.05, 4.69) is 5.32 Å². The van der Waals surface area contributed by atoms with E-state index in [1.807, 2.05) is 7.05 Å². The summed E-state index contributed by atoms with van der Waals surface area (Å²) in [5.74, 6) is -5.51. The number of rotatable bonds is 2. The van der Waals surface area contributed by atoms with Crippen LogP contribution in [0.2, 0.25) is 0 Å². The topological polar surface area (TPSA) is 113 Å². The van der Waals surface area contributed by atoms with E-state index < -0.39 is 24.3 Å². The Morgan fingerprint density at radius 2 is 1.21 bits per heavy atom. The maximum atomic E-state index is 10.6. The summed E-state index contributed by atoms with van der Waals surface area (Å²) in [5, 5.41) is 17.1. The van der Waals surface area contributed by atoms with E-state index in [4.69, 9.17) is 25.5 Å². The molecule has 0 aliphatic carbocycles. The summed E-state index contributed by atoms with van der Waals surface area (Å²) < 4.78 is 63.5. The zero-order chi connectivity index (χ0) is 16.3. The lowest BCUT2D eigenvalue weighted by molar-refractivity contribution is -0.193. The highest BCUT2D eigenvalue weighted by atomic mass is 19.4. The number of aliphatic carboxylic acids is 2. The van der Waals surface area contributed by atoms with Gasteiger partial charge in [-0.05, 0) is 7.05 Å². The number of carboxylic acid groups (broad SMARTS) is 2. The molecule has 0 unspecified atom stereocenters. The molecule has 0 spiro atoms. The molecule has 0 atom stereocenters. The van der Waals surface area contributed by atoms with Crippen LogP contribution in [-0.4, -0.2) is 54.6 Å². The average molecular weight is 302 g/mol. The molecule has 0 fully saturated rings. The highest BCUT2D eigenvalue weighted by Crippen LogP contribution is 2.13. The predicted molar refractivity (Wildman–Crippen MR) is 50.4 cm³/mol. The summed E-state index contributed by atoms with van der Waals surface area (Å²) in [6, 6.07) is 0. The van der Waals surface area contributed by atoms with Gasteiger partial charge in [0.25, 0.3) is 0 Å². The van der Waals surface area contributed by atoms with Crippen LogP contribution in [0.3, 0.4) is 0 Å². The summed E-state index contributed by atoms with van der Waals surface area (Å²) in [4.78, 5) is 17.8. The molecule has 0 radical (unpaired) electrons. The second kappa shape index (κ2) is 10.4. The fourth-order valence-corrected chi connectivity index (χ4v) is 0.144. The van der Waals surface area contributed by atoms with Crippen molar-refractivity contribution in [3.63, 3.8) is 0 Å². The molecule has 0 bridgehead atoms. The molecule has 0 aromatic heterocycles. The largest absolute Gasteiger partial charge is 0.490 e. The minimum Gasteiger partial charge on any atom is -0.475 e. The highest BCUT2D eigenvalue weighted by Gasteiger charge is 2.38. The van der Waals surface area contributed by atoms with Crippen molar-refractivity contribution < 1.29 is 46.1 Å². The molecule has 0 saturated heterocycles. The Balaban J connectivity index is -0.000000206. The van der Waals surface area contributed by atoms with Gasteiger partial charge in [-0.1, -0.05) is 0 Å². The summed E-state index contributed by atoms with van der Waals surface area (Å²) in [7, 11) is 1.88. The lowest BCUT2D eigenvalue weighted by atomic mass is 10.7. The Bertz CT molecular complexity index is 239. The van der Waals surface area contributed by atoms with E-state index in [1.165, 1.54) is 0 Å². The molecule has 0 aliphatic rings. The molecule has 0 aromatic carbocycles. The first-order chi connectivity index (χ1) is 8.30. The number of hydrogen-bond acceptors (Lipinski definition) is 4. The highest BCUT2D eigenvalue weighted by molar-refractivity contribution is 5.73. The first kappa shape index (κ1) is 22.6. The number of halogens is 6. The van der Waals surface area contributed by atoms with Crippen LogP contribution in [0.1, 0.15) is 0 Å². The molecule has 116 valence electrons. The second-order valence-electron chi connectivity index (χ2n) is 2.50. The van der Waals surface area contributed by atoms with Crippen molar-refractivity contribution in [2.45, 2.75) is 12.4 Å². The van der Waals surface area contributed by atoms with Crippen molar-refractivity contribution in [3.05, 3.63) is 0 Å².